The Kier molecular flexibility index (Phi) is 5.15. The van der Waals surface area contributed by atoms with Gasteiger partial charge in [-0.05, 0) is 44.1 Å². The number of hydrogen-bond acceptors (Lipinski definition) is 4. The molecule has 1 aliphatic heterocycles. The van der Waals surface area contributed by atoms with Crippen molar-refractivity contribution in [3.63, 3.8) is 0 Å². The molecule has 0 bridgehead atoms. The maximum absolute atomic E-state index is 12.2. The highest BCUT2D eigenvalue weighted by Gasteiger charge is 2.21. The van der Waals surface area contributed by atoms with E-state index in [1.165, 1.54) is 18.6 Å². The Morgan fingerprint density at radius 3 is 2.60 bits per heavy atom. The lowest BCUT2D eigenvalue weighted by atomic mass is 10.0. The average Bonchev–Trinajstić information content (AvgIpc) is 2.46. The Morgan fingerprint density at radius 1 is 1.30 bits per heavy atom. The van der Waals surface area contributed by atoms with Crippen LogP contribution in [0.2, 0.25) is 0 Å². The number of rotatable bonds is 5. The molecular weight excluding hydrogens is 276 g/mol. The summed E-state index contributed by atoms with van der Waals surface area (Å²) in [6.07, 6.45) is 3.37. The molecule has 1 saturated heterocycles. The number of aliphatic hydroxyl groups excluding tert-OH is 1. The standard InChI is InChI=1S/C14H22N2O3S/c1-16-9-3-2-4-13(16)10-15-20(18,19)14-7-5-12(11-17)6-8-14/h5-8,13,15,17H,2-4,9-11H2,1H3. The van der Waals surface area contributed by atoms with Crippen LogP contribution in [0, 0.1) is 0 Å². The molecule has 1 aromatic carbocycles. The van der Waals surface area contributed by atoms with Crippen molar-refractivity contribution in [3.8, 4) is 0 Å². The topological polar surface area (TPSA) is 69.6 Å². The highest BCUT2D eigenvalue weighted by atomic mass is 32.2. The number of benzene rings is 1. The van der Waals surface area contributed by atoms with Crippen molar-refractivity contribution in [1.29, 1.82) is 0 Å². The number of sulfonamides is 1. The van der Waals surface area contributed by atoms with E-state index in [1.807, 2.05) is 7.05 Å². The molecule has 5 nitrogen and oxygen atoms in total. The van der Waals surface area contributed by atoms with E-state index >= 15 is 0 Å². The molecule has 1 heterocycles. The molecular formula is C14H22N2O3S. The highest BCUT2D eigenvalue weighted by molar-refractivity contribution is 7.89. The van der Waals surface area contributed by atoms with E-state index in [0.717, 1.165) is 19.4 Å². The normalized spacial score (nSPS) is 21.0. The molecule has 0 amide bonds. The summed E-state index contributed by atoms with van der Waals surface area (Å²) in [6.45, 7) is 1.39. The molecule has 1 unspecified atom stereocenters. The number of hydrogen-bond donors (Lipinski definition) is 2. The molecule has 112 valence electrons. The summed E-state index contributed by atoms with van der Waals surface area (Å²) in [6, 6.07) is 6.58. The summed E-state index contributed by atoms with van der Waals surface area (Å²) in [5.74, 6) is 0. The van der Waals surface area contributed by atoms with Crippen molar-refractivity contribution in [1.82, 2.24) is 9.62 Å². The van der Waals surface area contributed by atoms with Gasteiger partial charge in [-0.3, -0.25) is 0 Å². The smallest absolute Gasteiger partial charge is 0.240 e. The van der Waals surface area contributed by atoms with Crippen LogP contribution in [-0.2, 0) is 16.6 Å². The summed E-state index contributed by atoms with van der Waals surface area (Å²) in [5.41, 5.74) is 0.705. The molecule has 0 saturated carbocycles. The first-order valence-corrected chi connectivity index (χ1v) is 8.41. The van der Waals surface area contributed by atoms with Crippen molar-refractivity contribution in [2.75, 3.05) is 20.1 Å². The SMILES string of the molecule is CN1CCCCC1CNS(=O)(=O)c1ccc(CO)cc1. The lowest BCUT2D eigenvalue weighted by molar-refractivity contribution is 0.187. The van der Waals surface area contributed by atoms with Gasteiger partial charge in [0.05, 0.1) is 11.5 Å². The predicted octanol–water partition coefficient (Wildman–Crippen LogP) is 0.941. The molecule has 20 heavy (non-hydrogen) atoms. The zero-order chi connectivity index (χ0) is 14.6. The van der Waals surface area contributed by atoms with Gasteiger partial charge in [-0.2, -0.15) is 0 Å². The maximum Gasteiger partial charge on any atom is 0.240 e. The Labute approximate surface area is 120 Å². The molecule has 1 fully saturated rings. The van der Waals surface area contributed by atoms with Gasteiger partial charge in [-0.25, -0.2) is 13.1 Å². The van der Waals surface area contributed by atoms with Gasteiger partial charge in [0.2, 0.25) is 10.0 Å². The third-order valence-electron chi connectivity index (χ3n) is 3.85. The van der Waals surface area contributed by atoms with Crippen molar-refractivity contribution in [3.05, 3.63) is 29.8 Å². The number of nitrogens with zero attached hydrogens (tertiary/aromatic N) is 1. The first-order valence-electron chi connectivity index (χ1n) is 6.92. The molecule has 0 spiro atoms. The second kappa shape index (κ2) is 6.67. The lowest BCUT2D eigenvalue weighted by Crippen LogP contribution is -2.44. The molecule has 0 radical (unpaired) electrons. The van der Waals surface area contributed by atoms with Gasteiger partial charge in [-0.1, -0.05) is 18.6 Å². The number of likely N-dealkylation sites (tertiary alicyclic amines) is 1. The summed E-state index contributed by atoms with van der Waals surface area (Å²) in [5, 5.41) is 8.96. The Balaban J connectivity index is 1.99. The largest absolute Gasteiger partial charge is 0.392 e. The summed E-state index contributed by atoms with van der Waals surface area (Å²) in [4.78, 5) is 2.45. The van der Waals surface area contributed by atoms with Crippen LogP contribution >= 0.6 is 0 Å². The van der Waals surface area contributed by atoms with Gasteiger partial charge in [0, 0.05) is 12.6 Å². The van der Waals surface area contributed by atoms with Crippen LogP contribution < -0.4 is 4.72 Å². The second-order valence-electron chi connectivity index (χ2n) is 5.28. The maximum atomic E-state index is 12.2. The van der Waals surface area contributed by atoms with E-state index in [1.54, 1.807) is 12.1 Å². The van der Waals surface area contributed by atoms with E-state index < -0.39 is 10.0 Å². The zero-order valence-electron chi connectivity index (χ0n) is 11.7. The van der Waals surface area contributed by atoms with Gasteiger partial charge in [0.15, 0.2) is 0 Å². The highest BCUT2D eigenvalue weighted by Crippen LogP contribution is 2.15. The van der Waals surface area contributed by atoms with Gasteiger partial charge < -0.3 is 10.0 Å². The molecule has 1 aliphatic rings. The van der Waals surface area contributed by atoms with Gasteiger partial charge in [0.25, 0.3) is 0 Å². The van der Waals surface area contributed by atoms with Gasteiger partial charge >= 0.3 is 0 Å². The van der Waals surface area contributed by atoms with Gasteiger partial charge in [0.1, 0.15) is 0 Å². The van der Waals surface area contributed by atoms with E-state index in [0.29, 0.717) is 12.1 Å². The first-order chi connectivity index (χ1) is 9.53. The van der Waals surface area contributed by atoms with Crippen LogP contribution in [0.5, 0.6) is 0 Å². The molecule has 1 aromatic rings. The first kappa shape index (κ1) is 15.4. The minimum atomic E-state index is -3.47. The zero-order valence-corrected chi connectivity index (χ0v) is 12.6. The molecule has 2 N–H and O–H groups in total. The van der Waals surface area contributed by atoms with Crippen LogP contribution in [0.25, 0.3) is 0 Å². The molecule has 6 heteroatoms. The Hall–Kier alpha value is -0.950. The van der Waals surface area contributed by atoms with Crippen LogP contribution in [0.15, 0.2) is 29.2 Å². The fourth-order valence-corrected chi connectivity index (χ4v) is 3.54. The molecule has 0 aliphatic carbocycles. The predicted molar refractivity (Wildman–Crippen MR) is 77.8 cm³/mol. The number of nitrogens with one attached hydrogen (secondary N) is 1. The fraction of sp³-hybridized carbons (Fsp3) is 0.571. The van der Waals surface area contributed by atoms with Crippen LogP contribution in [0.3, 0.4) is 0 Å². The lowest BCUT2D eigenvalue weighted by Gasteiger charge is -2.32. The van der Waals surface area contributed by atoms with Crippen molar-refractivity contribution in [2.24, 2.45) is 0 Å². The molecule has 2 rings (SSSR count). The van der Waals surface area contributed by atoms with Crippen molar-refractivity contribution < 1.29 is 13.5 Å². The van der Waals surface area contributed by atoms with E-state index in [9.17, 15) is 8.42 Å². The van der Waals surface area contributed by atoms with Crippen molar-refractivity contribution in [2.45, 2.75) is 36.8 Å². The third-order valence-corrected chi connectivity index (χ3v) is 5.29. The third kappa shape index (κ3) is 3.79. The van der Waals surface area contributed by atoms with E-state index in [2.05, 4.69) is 9.62 Å². The molecule has 0 aromatic heterocycles. The number of piperidine rings is 1. The van der Waals surface area contributed by atoms with Crippen LogP contribution in [0.4, 0.5) is 0 Å². The van der Waals surface area contributed by atoms with Gasteiger partial charge in [-0.15, -0.1) is 0 Å². The molecule has 1 atom stereocenters. The fourth-order valence-electron chi connectivity index (χ4n) is 2.47. The number of likely N-dealkylation sites (N-methyl/N-ethyl adjacent to an activating group) is 1. The van der Waals surface area contributed by atoms with E-state index in [-0.39, 0.29) is 17.5 Å². The minimum Gasteiger partial charge on any atom is -0.392 e. The summed E-state index contributed by atoms with van der Waals surface area (Å²) in [7, 11) is -1.43. The van der Waals surface area contributed by atoms with Crippen molar-refractivity contribution >= 4 is 10.0 Å². The summed E-state index contributed by atoms with van der Waals surface area (Å²) >= 11 is 0. The Morgan fingerprint density at radius 2 is 2.00 bits per heavy atom. The van der Waals surface area contributed by atoms with Crippen LogP contribution in [-0.4, -0.2) is 44.6 Å². The monoisotopic (exact) mass is 298 g/mol. The minimum absolute atomic E-state index is 0.0827. The Bertz CT molecular complexity index is 528. The summed E-state index contributed by atoms with van der Waals surface area (Å²) < 4.78 is 27.1. The van der Waals surface area contributed by atoms with Crippen LogP contribution in [0.1, 0.15) is 24.8 Å². The average molecular weight is 298 g/mol. The number of aliphatic hydroxyl groups is 1. The van der Waals surface area contributed by atoms with E-state index in [4.69, 9.17) is 5.11 Å². The quantitative estimate of drug-likeness (QED) is 0.849. The second-order valence-corrected chi connectivity index (χ2v) is 7.05.